The number of halogens is 2. The van der Waals surface area contributed by atoms with Crippen molar-refractivity contribution >= 4 is 45.1 Å². The predicted molar refractivity (Wildman–Crippen MR) is 89.1 cm³/mol. The van der Waals surface area contributed by atoms with E-state index < -0.39 is 18.0 Å². The van der Waals surface area contributed by atoms with Crippen LogP contribution in [0, 0.1) is 0 Å². The number of rotatable bonds is 4. The lowest BCUT2D eigenvalue weighted by Gasteiger charge is -2.13. The highest BCUT2D eigenvalue weighted by atomic mass is 79.9. The maximum absolute atomic E-state index is 12.0. The number of anilines is 1. The third kappa shape index (κ3) is 4.58. The summed E-state index contributed by atoms with van der Waals surface area (Å²) >= 11 is 9.06. The van der Waals surface area contributed by atoms with E-state index in [4.69, 9.17) is 16.3 Å². The molecule has 114 valence electrons. The largest absolute Gasteiger partial charge is 0.449 e. The van der Waals surface area contributed by atoms with Crippen LogP contribution in [0.3, 0.4) is 0 Å². The summed E-state index contributed by atoms with van der Waals surface area (Å²) in [5, 5.41) is 3.23. The van der Waals surface area contributed by atoms with E-state index >= 15 is 0 Å². The fourth-order valence-electron chi connectivity index (χ4n) is 1.65. The zero-order valence-corrected chi connectivity index (χ0v) is 14.0. The molecule has 0 fully saturated rings. The average Bonchev–Trinajstić information content (AvgIpc) is 2.50. The second-order valence-electron chi connectivity index (χ2n) is 4.55. The predicted octanol–water partition coefficient (Wildman–Crippen LogP) is 4.29. The molecule has 4 nitrogen and oxygen atoms in total. The monoisotopic (exact) mass is 381 g/mol. The van der Waals surface area contributed by atoms with E-state index in [1.807, 2.05) is 0 Å². The molecule has 2 rings (SSSR count). The molecule has 22 heavy (non-hydrogen) atoms. The molecule has 0 aromatic heterocycles. The van der Waals surface area contributed by atoms with Gasteiger partial charge in [0.1, 0.15) is 0 Å². The van der Waals surface area contributed by atoms with Crippen molar-refractivity contribution in [3.63, 3.8) is 0 Å². The standard InChI is InChI=1S/C16H13BrClNO3/c1-10(15(20)19-14-8-6-13(18)7-9-14)22-16(21)11-2-4-12(17)5-3-11/h2-10H,1H3,(H,19,20)/t10-/m0/s1. The molecule has 0 spiro atoms. The molecule has 0 aliphatic rings. The van der Waals surface area contributed by atoms with Crippen molar-refractivity contribution < 1.29 is 14.3 Å². The average molecular weight is 383 g/mol. The van der Waals surface area contributed by atoms with E-state index in [0.717, 1.165) is 4.47 Å². The molecule has 0 radical (unpaired) electrons. The Morgan fingerprint density at radius 2 is 1.68 bits per heavy atom. The van der Waals surface area contributed by atoms with Gasteiger partial charge in [0.15, 0.2) is 6.10 Å². The van der Waals surface area contributed by atoms with Crippen LogP contribution in [0.15, 0.2) is 53.0 Å². The van der Waals surface area contributed by atoms with E-state index in [-0.39, 0.29) is 0 Å². The van der Waals surface area contributed by atoms with Gasteiger partial charge in [-0.25, -0.2) is 4.79 Å². The molecular weight excluding hydrogens is 370 g/mol. The summed E-state index contributed by atoms with van der Waals surface area (Å²) < 4.78 is 6.00. The molecule has 0 aliphatic heterocycles. The minimum absolute atomic E-state index is 0.384. The van der Waals surface area contributed by atoms with Gasteiger partial charge in [0, 0.05) is 15.2 Å². The van der Waals surface area contributed by atoms with Crippen molar-refractivity contribution in [2.75, 3.05) is 5.32 Å². The normalized spacial score (nSPS) is 11.6. The van der Waals surface area contributed by atoms with E-state index in [0.29, 0.717) is 16.3 Å². The van der Waals surface area contributed by atoms with Crippen LogP contribution >= 0.6 is 27.5 Å². The molecule has 0 bridgehead atoms. The number of nitrogens with one attached hydrogen (secondary N) is 1. The lowest BCUT2D eigenvalue weighted by atomic mass is 10.2. The highest BCUT2D eigenvalue weighted by Gasteiger charge is 2.19. The first-order valence-corrected chi connectivity index (χ1v) is 7.66. The first-order valence-electron chi connectivity index (χ1n) is 6.48. The van der Waals surface area contributed by atoms with Gasteiger partial charge < -0.3 is 10.1 Å². The van der Waals surface area contributed by atoms with Crippen molar-refractivity contribution in [1.29, 1.82) is 0 Å². The van der Waals surface area contributed by atoms with Gasteiger partial charge in [0.05, 0.1) is 5.56 Å². The summed E-state index contributed by atoms with van der Waals surface area (Å²) in [4.78, 5) is 23.9. The first kappa shape index (κ1) is 16.5. The molecule has 2 aromatic carbocycles. The number of amides is 1. The number of ether oxygens (including phenoxy) is 1. The van der Waals surface area contributed by atoms with Crippen LogP contribution < -0.4 is 5.32 Å². The SMILES string of the molecule is C[C@H](OC(=O)c1ccc(Br)cc1)C(=O)Nc1ccc(Cl)cc1. The molecule has 1 atom stereocenters. The molecule has 0 aliphatic carbocycles. The molecule has 1 amide bonds. The highest BCUT2D eigenvalue weighted by molar-refractivity contribution is 9.10. The third-order valence-corrected chi connectivity index (χ3v) is 3.63. The number of hydrogen-bond donors (Lipinski definition) is 1. The Bertz CT molecular complexity index is 671. The number of hydrogen-bond acceptors (Lipinski definition) is 3. The zero-order valence-electron chi connectivity index (χ0n) is 11.7. The fraction of sp³-hybridized carbons (Fsp3) is 0.125. The van der Waals surface area contributed by atoms with Crippen LogP contribution in [0.5, 0.6) is 0 Å². The molecule has 0 saturated heterocycles. The van der Waals surface area contributed by atoms with E-state index in [1.54, 1.807) is 48.5 Å². The van der Waals surface area contributed by atoms with Crippen molar-refractivity contribution in [1.82, 2.24) is 0 Å². The maximum Gasteiger partial charge on any atom is 0.338 e. The number of carbonyl (C=O) groups is 2. The Balaban J connectivity index is 1.94. The zero-order chi connectivity index (χ0) is 16.1. The topological polar surface area (TPSA) is 55.4 Å². The van der Waals surface area contributed by atoms with E-state index in [9.17, 15) is 9.59 Å². The molecule has 6 heteroatoms. The Hall–Kier alpha value is -1.85. The van der Waals surface area contributed by atoms with Gasteiger partial charge >= 0.3 is 5.97 Å². The van der Waals surface area contributed by atoms with Crippen LogP contribution in [-0.4, -0.2) is 18.0 Å². The molecular formula is C16H13BrClNO3. The van der Waals surface area contributed by atoms with Crippen molar-refractivity contribution in [3.05, 3.63) is 63.6 Å². The number of carbonyl (C=O) groups excluding carboxylic acids is 2. The maximum atomic E-state index is 12.0. The van der Waals surface area contributed by atoms with Crippen LogP contribution in [0.1, 0.15) is 17.3 Å². The quantitative estimate of drug-likeness (QED) is 0.803. The van der Waals surface area contributed by atoms with Gasteiger partial charge in [-0.3, -0.25) is 4.79 Å². The van der Waals surface area contributed by atoms with E-state index in [1.165, 1.54) is 6.92 Å². The van der Waals surface area contributed by atoms with Crippen LogP contribution in [-0.2, 0) is 9.53 Å². The van der Waals surface area contributed by atoms with Crippen molar-refractivity contribution in [3.8, 4) is 0 Å². The number of benzene rings is 2. The van der Waals surface area contributed by atoms with Gasteiger partial charge in [-0.05, 0) is 55.5 Å². The van der Waals surface area contributed by atoms with Crippen molar-refractivity contribution in [2.24, 2.45) is 0 Å². The van der Waals surface area contributed by atoms with Gasteiger partial charge in [-0.2, -0.15) is 0 Å². The summed E-state index contributed by atoms with van der Waals surface area (Å²) in [6.45, 7) is 1.52. The lowest BCUT2D eigenvalue weighted by molar-refractivity contribution is -0.123. The number of esters is 1. The summed E-state index contributed by atoms with van der Waals surface area (Å²) in [5.74, 6) is -0.959. The van der Waals surface area contributed by atoms with Crippen LogP contribution in [0.2, 0.25) is 5.02 Å². The second kappa shape index (κ2) is 7.42. The fourth-order valence-corrected chi connectivity index (χ4v) is 2.04. The minimum Gasteiger partial charge on any atom is -0.449 e. The summed E-state index contributed by atoms with van der Waals surface area (Å²) in [6, 6.07) is 13.4. The van der Waals surface area contributed by atoms with Crippen molar-refractivity contribution in [2.45, 2.75) is 13.0 Å². The Morgan fingerprint density at radius 1 is 1.09 bits per heavy atom. The van der Waals surface area contributed by atoms with E-state index in [2.05, 4.69) is 21.2 Å². The lowest BCUT2D eigenvalue weighted by Crippen LogP contribution is -2.29. The smallest absolute Gasteiger partial charge is 0.338 e. The van der Waals surface area contributed by atoms with Crippen LogP contribution in [0.25, 0.3) is 0 Å². The molecule has 0 saturated carbocycles. The van der Waals surface area contributed by atoms with Gasteiger partial charge in [-0.15, -0.1) is 0 Å². The second-order valence-corrected chi connectivity index (χ2v) is 5.90. The Kier molecular flexibility index (Phi) is 5.57. The summed E-state index contributed by atoms with van der Waals surface area (Å²) in [6.07, 6.45) is -0.910. The molecule has 0 unspecified atom stereocenters. The van der Waals surface area contributed by atoms with Gasteiger partial charge in [-0.1, -0.05) is 27.5 Å². The molecule has 0 heterocycles. The molecule has 1 N–H and O–H groups in total. The summed E-state index contributed by atoms with van der Waals surface area (Å²) in [5.41, 5.74) is 0.968. The Morgan fingerprint density at radius 3 is 2.27 bits per heavy atom. The highest BCUT2D eigenvalue weighted by Crippen LogP contribution is 2.15. The minimum atomic E-state index is -0.910. The Labute approximate surface area is 141 Å². The van der Waals surface area contributed by atoms with Gasteiger partial charge in [0.25, 0.3) is 5.91 Å². The molecule has 2 aromatic rings. The van der Waals surface area contributed by atoms with Gasteiger partial charge in [0.2, 0.25) is 0 Å². The first-order chi connectivity index (χ1) is 10.5. The van der Waals surface area contributed by atoms with Crippen LogP contribution in [0.4, 0.5) is 5.69 Å². The third-order valence-electron chi connectivity index (χ3n) is 2.84. The summed E-state index contributed by atoms with van der Waals surface area (Å²) in [7, 11) is 0.